The minimum absolute atomic E-state index is 0.00820. The highest BCUT2D eigenvalue weighted by Gasteiger charge is 2.42. The third-order valence-corrected chi connectivity index (χ3v) is 3.46. The van der Waals surface area contributed by atoms with Crippen LogP contribution in [-0.4, -0.2) is 47.7 Å². The molecule has 5 heteroatoms. The molecule has 5 nitrogen and oxygen atoms in total. The Morgan fingerprint density at radius 1 is 1.53 bits per heavy atom. The van der Waals surface area contributed by atoms with Crippen LogP contribution in [0.3, 0.4) is 0 Å². The van der Waals surface area contributed by atoms with Crippen molar-refractivity contribution in [3.63, 3.8) is 0 Å². The topological polar surface area (TPSA) is 66.8 Å². The van der Waals surface area contributed by atoms with Gasteiger partial charge in [0.1, 0.15) is 6.61 Å². The molecular weight excluding hydrogens is 246 g/mol. The molecule has 1 rings (SSSR count). The number of aliphatic carboxylic acids is 1. The van der Waals surface area contributed by atoms with Gasteiger partial charge in [-0.1, -0.05) is 6.08 Å². The van der Waals surface area contributed by atoms with Crippen molar-refractivity contribution >= 4 is 11.9 Å². The molecule has 1 aliphatic heterocycles. The van der Waals surface area contributed by atoms with Crippen LogP contribution in [0.2, 0.25) is 0 Å². The van der Waals surface area contributed by atoms with Gasteiger partial charge in [0.15, 0.2) is 0 Å². The maximum absolute atomic E-state index is 12.0. The van der Waals surface area contributed by atoms with Crippen LogP contribution in [0.5, 0.6) is 0 Å². The van der Waals surface area contributed by atoms with Crippen molar-refractivity contribution in [3.8, 4) is 0 Å². The number of nitrogens with zero attached hydrogens (tertiary/aromatic N) is 1. The van der Waals surface area contributed by atoms with Crippen molar-refractivity contribution in [2.75, 3.05) is 19.7 Å². The molecular formula is C14H23NO4. The van der Waals surface area contributed by atoms with Crippen LogP contribution in [0.25, 0.3) is 0 Å². The van der Waals surface area contributed by atoms with E-state index in [-0.39, 0.29) is 25.2 Å². The van der Waals surface area contributed by atoms with Crippen molar-refractivity contribution < 1.29 is 19.4 Å². The van der Waals surface area contributed by atoms with E-state index in [4.69, 9.17) is 4.74 Å². The number of carbonyl (C=O) groups is 2. The summed E-state index contributed by atoms with van der Waals surface area (Å²) >= 11 is 0. The van der Waals surface area contributed by atoms with Crippen LogP contribution >= 0.6 is 0 Å². The fourth-order valence-corrected chi connectivity index (χ4v) is 2.38. The van der Waals surface area contributed by atoms with Crippen molar-refractivity contribution in [2.45, 2.75) is 39.2 Å². The van der Waals surface area contributed by atoms with E-state index in [2.05, 4.69) is 6.58 Å². The highest BCUT2D eigenvalue weighted by molar-refractivity contribution is 5.80. The monoisotopic (exact) mass is 269 g/mol. The average molecular weight is 269 g/mol. The first-order valence-corrected chi connectivity index (χ1v) is 6.65. The second kappa shape index (κ2) is 6.70. The van der Waals surface area contributed by atoms with Gasteiger partial charge in [-0.3, -0.25) is 9.59 Å². The second-order valence-corrected chi connectivity index (χ2v) is 5.36. The van der Waals surface area contributed by atoms with Gasteiger partial charge in [0.25, 0.3) is 0 Å². The van der Waals surface area contributed by atoms with Crippen LogP contribution in [0.15, 0.2) is 12.7 Å². The van der Waals surface area contributed by atoms with Gasteiger partial charge in [0, 0.05) is 13.1 Å². The molecule has 1 amide bonds. The molecule has 0 aromatic heterocycles. The van der Waals surface area contributed by atoms with E-state index < -0.39 is 11.4 Å². The summed E-state index contributed by atoms with van der Waals surface area (Å²) in [6.45, 7) is 8.21. The number of allylic oxidation sites excluding steroid dienone is 1. The predicted molar refractivity (Wildman–Crippen MR) is 71.8 cm³/mol. The number of carbonyl (C=O) groups excluding carboxylic acids is 1. The fourth-order valence-electron chi connectivity index (χ4n) is 2.38. The van der Waals surface area contributed by atoms with Gasteiger partial charge in [-0.05, 0) is 33.1 Å². The molecule has 0 radical (unpaired) electrons. The van der Waals surface area contributed by atoms with Gasteiger partial charge in [-0.25, -0.2) is 0 Å². The number of carboxylic acids is 1. The van der Waals surface area contributed by atoms with Crippen molar-refractivity contribution in [1.29, 1.82) is 0 Å². The molecule has 0 unspecified atom stereocenters. The quantitative estimate of drug-likeness (QED) is 0.745. The number of hydrogen-bond acceptors (Lipinski definition) is 3. The zero-order chi connectivity index (χ0) is 14.5. The molecule has 0 bridgehead atoms. The maximum atomic E-state index is 12.0. The summed E-state index contributed by atoms with van der Waals surface area (Å²) in [6.07, 6.45) is 3.28. The van der Waals surface area contributed by atoms with E-state index in [1.54, 1.807) is 11.0 Å². The van der Waals surface area contributed by atoms with Crippen LogP contribution in [0.1, 0.15) is 33.1 Å². The van der Waals surface area contributed by atoms with Gasteiger partial charge < -0.3 is 14.7 Å². The lowest BCUT2D eigenvalue weighted by Crippen LogP contribution is -2.50. The average Bonchev–Trinajstić information content (AvgIpc) is 2.36. The van der Waals surface area contributed by atoms with E-state index >= 15 is 0 Å². The summed E-state index contributed by atoms with van der Waals surface area (Å²) in [6, 6.07) is 0. The Morgan fingerprint density at radius 3 is 2.74 bits per heavy atom. The minimum Gasteiger partial charge on any atom is -0.481 e. The summed E-state index contributed by atoms with van der Waals surface area (Å²) in [7, 11) is 0. The zero-order valence-corrected chi connectivity index (χ0v) is 11.7. The first-order chi connectivity index (χ1) is 8.91. The van der Waals surface area contributed by atoms with Crippen LogP contribution < -0.4 is 0 Å². The SMILES string of the molecule is C=CC[C@]1(C(=O)O)CCCN(C(=O)COC(C)C)C1. The number of ether oxygens (including phenoxy) is 1. The van der Waals surface area contributed by atoms with E-state index in [0.717, 1.165) is 0 Å². The van der Waals surface area contributed by atoms with E-state index in [1.165, 1.54) is 0 Å². The molecule has 1 N–H and O–H groups in total. The van der Waals surface area contributed by atoms with Gasteiger partial charge in [-0.15, -0.1) is 6.58 Å². The number of hydrogen-bond donors (Lipinski definition) is 1. The number of likely N-dealkylation sites (tertiary alicyclic amines) is 1. The number of amides is 1. The Hall–Kier alpha value is -1.36. The lowest BCUT2D eigenvalue weighted by Gasteiger charge is -2.39. The van der Waals surface area contributed by atoms with Crippen LogP contribution in [0, 0.1) is 5.41 Å². The highest BCUT2D eigenvalue weighted by Crippen LogP contribution is 2.34. The summed E-state index contributed by atoms with van der Waals surface area (Å²) in [5.74, 6) is -0.988. The van der Waals surface area contributed by atoms with Crippen molar-refractivity contribution in [1.82, 2.24) is 4.90 Å². The predicted octanol–water partition coefficient (Wildman–Crippen LogP) is 1.68. The van der Waals surface area contributed by atoms with Crippen LogP contribution in [-0.2, 0) is 14.3 Å². The molecule has 0 aromatic rings. The molecule has 0 aliphatic carbocycles. The standard InChI is InChI=1S/C14H23NO4/c1-4-6-14(13(17)18)7-5-8-15(10-14)12(16)9-19-11(2)3/h4,11H,1,5-10H2,2-3H3,(H,17,18)/t14-/m0/s1. The Morgan fingerprint density at radius 2 is 2.21 bits per heavy atom. The number of carboxylic acid groups (broad SMARTS) is 1. The Balaban J connectivity index is 2.69. The molecule has 1 aliphatic rings. The summed E-state index contributed by atoms with van der Waals surface area (Å²) in [4.78, 5) is 25.1. The minimum atomic E-state index is -0.881. The lowest BCUT2D eigenvalue weighted by molar-refractivity contribution is -0.156. The first-order valence-electron chi connectivity index (χ1n) is 6.65. The largest absolute Gasteiger partial charge is 0.481 e. The fraction of sp³-hybridized carbons (Fsp3) is 0.714. The molecule has 1 fully saturated rings. The van der Waals surface area contributed by atoms with Gasteiger partial charge in [0.2, 0.25) is 5.91 Å². The Bertz CT molecular complexity index is 353. The third-order valence-electron chi connectivity index (χ3n) is 3.46. The van der Waals surface area contributed by atoms with Crippen molar-refractivity contribution in [3.05, 3.63) is 12.7 Å². The number of rotatable bonds is 6. The van der Waals surface area contributed by atoms with Crippen LogP contribution in [0.4, 0.5) is 0 Å². The lowest BCUT2D eigenvalue weighted by atomic mass is 9.77. The van der Waals surface area contributed by atoms with E-state index in [9.17, 15) is 14.7 Å². The molecule has 19 heavy (non-hydrogen) atoms. The molecule has 1 saturated heterocycles. The molecule has 0 spiro atoms. The van der Waals surface area contributed by atoms with E-state index in [0.29, 0.717) is 25.8 Å². The second-order valence-electron chi connectivity index (χ2n) is 5.36. The van der Waals surface area contributed by atoms with E-state index in [1.807, 2.05) is 13.8 Å². The van der Waals surface area contributed by atoms with Gasteiger partial charge in [0.05, 0.1) is 11.5 Å². The molecule has 108 valence electrons. The highest BCUT2D eigenvalue weighted by atomic mass is 16.5. The van der Waals surface area contributed by atoms with Crippen molar-refractivity contribution in [2.24, 2.45) is 5.41 Å². The third kappa shape index (κ3) is 4.06. The Labute approximate surface area is 114 Å². The molecule has 0 aromatic carbocycles. The summed E-state index contributed by atoms with van der Waals surface area (Å²) in [5, 5.41) is 9.42. The molecule has 1 atom stereocenters. The molecule has 1 heterocycles. The maximum Gasteiger partial charge on any atom is 0.311 e. The normalized spacial score (nSPS) is 23.4. The van der Waals surface area contributed by atoms with Gasteiger partial charge >= 0.3 is 5.97 Å². The molecule has 0 saturated carbocycles. The first kappa shape index (κ1) is 15.7. The smallest absolute Gasteiger partial charge is 0.311 e. The Kier molecular flexibility index (Phi) is 5.54. The van der Waals surface area contributed by atoms with Gasteiger partial charge in [-0.2, -0.15) is 0 Å². The number of piperidine rings is 1. The summed E-state index contributed by atoms with van der Waals surface area (Å²) in [5.41, 5.74) is -0.881. The summed E-state index contributed by atoms with van der Waals surface area (Å²) < 4.78 is 5.29. The zero-order valence-electron chi connectivity index (χ0n) is 11.7.